The van der Waals surface area contributed by atoms with Gasteiger partial charge in [-0.05, 0) is 54.7 Å². The molecule has 4 heteroatoms. The zero-order valence-electron chi connectivity index (χ0n) is 12.4. The van der Waals surface area contributed by atoms with Gasteiger partial charge in [0.15, 0.2) is 5.76 Å². The Bertz CT molecular complexity index is 993. The quantitative estimate of drug-likeness (QED) is 0.733. The van der Waals surface area contributed by atoms with E-state index in [1.54, 1.807) is 24.3 Å². The van der Waals surface area contributed by atoms with Gasteiger partial charge in [-0.25, -0.2) is 0 Å². The molecule has 0 atom stereocenters. The molecule has 1 heterocycles. The van der Waals surface area contributed by atoms with Crippen LogP contribution in [0, 0.1) is 11.3 Å². The summed E-state index contributed by atoms with van der Waals surface area (Å²) in [5, 5.41) is 9.77. The van der Waals surface area contributed by atoms with Crippen LogP contribution in [0.2, 0.25) is 0 Å². The van der Waals surface area contributed by atoms with Gasteiger partial charge in [0.2, 0.25) is 5.78 Å². The summed E-state index contributed by atoms with van der Waals surface area (Å²) in [6, 6.07) is 12.6. The number of carbonyl (C=O) groups excluding carboxylic acids is 1. The van der Waals surface area contributed by atoms with Crippen molar-refractivity contribution < 1.29 is 9.21 Å². The fraction of sp³-hybridized carbons (Fsp3) is 0.158. The number of carbonyl (C=O) groups is 1. The number of nitriles is 1. The third kappa shape index (κ3) is 2.09. The molecule has 0 saturated heterocycles. The number of benzene rings is 2. The van der Waals surface area contributed by atoms with Gasteiger partial charge in [-0.3, -0.25) is 4.79 Å². The van der Waals surface area contributed by atoms with Crippen LogP contribution in [-0.2, 0) is 12.8 Å². The molecule has 0 saturated carbocycles. The van der Waals surface area contributed by atoms with Crippen molar-refractivity contribution in [3.63, 3.8) is 0 Å². The van der Waals surface area contributed by atoms with Gasteiger partial charge in [0.05, 0.1) is 17.3 Å². The lowest BCUT2D eigenvalue weighted by Gasteiger charge is -1.99. The number of anilines is 1. The Balaban J connectivity index is 1.84. The standard InChI is InChI=1S/C19H14N2O2/c20-10-11-3-1-6-14(7-11)18(22)19-17(21)15-8-12-4-2-5-13(12)9-16(15)23-19/h1,3,6-9H,2,4-5,21H2. The summed E-state index contributed by atoms with van der Waals surface area (Å²) in [5.74, 6) is -0.144. The molecule has 4 nitrogen and oxygen atoms in total. The minimum absolute atomic E-state index is 0.152. The Morgan fingerprint density at radius 2 is 1.96 bits per heavy atom. The highest BCUT2D eigenvalue weighted by atomic mass is 16.3. The molecule has 0 spiro atoms. The summed E-state index contributed by atoms with van der Waals surface area (Å²) in [6.45, 7) is 0. The number of rotatable bonds is 2. The predicted octanol–water partition coefficient (Wildman–Crippen LogP) is 3.61. The topological polar surface area (TPSA) is 80.0 Å². The number of aryl methyl sites for hydroxylation is 2. The van der Waals surface area contributed by atoms with E-state index in [1.165, 1.54) is 11.1 Å². The van der Waals surface area contributed by atoms with Crippen LogP contribution in [0.25, 0.3) is 11.0 Å². The van der Waals surface area contributed by atoms with Crippen LogP contribution < -0.4 is 5.73 Å². The smallest absolute Gasteiger partial charge is 0.230 e. The summed E-state index contributed by atoms with van der Waals surface area (Å²) in [7, 11) is 0. The monoisotopic (exact) mass is 302 g/mol. The van der Waals surface area contributed by atoms with Crippen molar-refractivity contribution in [1.82, 2.24) is 0 Å². The van der Waals surface area contributed by atoms with Gasteiger partial charge in [-0.1, -0.05) is 12.1 Å². The van der Waals surface area contributed by atoms with Crippen molar-refractivity contribution in [2.75, 3.05) is 5.73 Å². The zero-order chi connectivity index (χ0) is 16.0. The minimum Gasteiger partial charge on any atom is -0.450 e. The van der Waals surface area contributed by atoms with Crippen molar-refractivity contribution in [2.24, 2.45) is 0 Å². The van der Waals surface area contributed by atoms with Gasteiger partial charge in [0.25, 0.3) is 0 Å². The number of furan rings is 1. The second kappa shape index (κ2) is 4.99. The first-order valence-corrected chi connectivity index (χ1v) is 7.56. The number of nitrogens with two attached hydrogens (primary N) is 1. The van der Waals surface area contributed by atoms with Crippen LogP contribution in [0.5, 0.6) is 0 Å². The second-order valence-electron chi connectivity index (χ2n) is 5.84. The van der Waals surface area contributed by atoms with Crippen LogP contribution in [0.3, 0.4) is 0 Å². The van der Waals surface area contributed by atoms with Gasteiger partial charge < -0.3 is 10.2 Å². The lowest BCUT2D eigenvalue weighted by Crippen LogP contribution is -2.03. The molecule has 0 aliphatic heterocycles. The molecule has 3 aromatic rings. The number of nitrogens with zero attached hydrogens (tertiary/aromatic N) is 1. The van der Waals surface area contributed by atoms with E-state index in [0.717, 1.165) is 24.6 Å². The molecular weight excluding hydrogens is 288 g/mol. The van der Waals surface area contributed by atoms with Crippen LogP contribution in [0.15, 0.2) is 40.8 Å². The van der Waals surface area contributed by atoms with E-state index in [9.17, 15) is 4.79 Å². The van der Waals surface area contributed by atoms with E-state index in [4.69, 9.17) is 15.4 Å². The van der Waals surface area contributed by atoms with Gasteiger partial charge >= 0.3 is 0 Å². The number of hydrogen-bond donors (Lipinski definition) is 1. The van der Waals surface area contributed by atoms with Crippen LogP contribution in [0.4, 0.5) is 5.69 Å². The lowest BCUT2D eigenvalue weighted by atomic mass is 10.0. The highest BCUT2D eigenvalue weighted by Gasteiger charge is 2.22. The Kier molecular flexibility index (Phi) is 2.95. The molecule has 2 N–H and O–H groups in total. The summed E-state index contributed by atoms with van der Waals surface area (Å²) in [5.41, 5.74) is 10.6. The first kappa shape index (κ1) is 13.6. The number of hydrogen-bond acceptors (Lipinski definition) is 4. The Morgan fingerprint density at radius 1 is 1.17 bits per heavy atom. The Hall–Kier alpha value is -3.06. The first-order valence-electron chi connectivity index (χ1n) is 7.56. The van der Waals surface area contributed by atoms with E-state index in [1.807, 2.05) is 18.2 Å². The van der Waals surface area contributed by atoms with Crippen molar-refractivity contribution >= 4 is 22.4 Å². The molecule has 2 aromatic carbocycles. The molecule has 0 radical (unpaired) electrons. The SMILES string of the molecule is N#Cc1cccc(C(=O)c2oc3cc4c(cc3c2N)CCC4)c1. The molecule has 112 valence electrons. The van der Waals surface area contributed by atoms with Crippen molar-refractivity contribution in [3.8, 4) is 6.07 Å². The molecule has 0 amide bonds. The van der Waals surface area contributed by atoms with E-state index in [0.29, 0.717) is 22.4 Å². The fourth-order valence-corrected chi connectivity index (χ4v) is 3.21. The van der Waals surface area contributed by atoms with E-state index in [-0.39, 0.29) is 11.5 Å². The highest BCUT2D eigenvalue weighted by Crippen LogP contribution is 2.35. The summed E-state index contributed by atoms with van der Waals surface area (Å²) >= 11 is 0. The number of fused-ring (bicyclic) bond motifs is 2. The Morgan fingerprint density at radius 3 is 2.74 bits per heavy atom. The molecule has 0 fully saturated rings. The lowest BCUT2D eigenvalue weighted by molar-refractivity contribution is 0.101. The fourth-order valence-electron chi connectivity index (χ4n) is 3.21. The second-order valence-corrected chi connectivity index (χ2v) is 5.84. The van der Waals surface area contributed by atoms with Crippen LogP contribution in [-0.4, -0.2) is 5.78 Å². The maximum absolute atomic E-state index is 12.7. The third-order valence-electron chi connectivity index (χ3n) is 4.40. The van der Waals surface area contributed by atoms with Gasteiger partial charge in [-0.2, -0.15) is 5.26 Å². The number of ketones is 1. The summed E-state index contributed by atoms with van der Waals surface area (Å²) in [4.78, 5) is 12.7. The van der Waals surface area contributed by atoms with Crippen molar-refractivity contribution in [1.29, 1.82) is 5.26 Å². The van der Waals surface area contributed by atoms with E-state index in [2.05, 4.69) is 0 Å². The average molecular weight is 302 g/mol. The normalized spacial score (nSPS) is 13.0. The molecule has 4 rings (SSSR count). The molecule has 23 heavy (non-hydrogen) atoms. The maximum Gasteiger partial charge on any atom is 0.230 e. The third-order valence-corrected chi connectivity index (χ3v) is 4.40. The average Bonchev–Trinajstić information content (AvgIpc) is 3.16. The van der Waals surface area contributed by atoms with E-state index >= 15 is 0 Å². The maximum atomic E-state index is 12.7. The van der Waals surface area contributed by atoms with Crippen LogP contribution >= 0.6 is 0 Å². The Labute approximate surface area is 133 Å². The molecular formula is C19H14N2O2. The summed E-state index contributed by atoms with van der Waals surface area (Å²) in [6.07, 6.45) is 3.23. The molecule has 1 aliphatic rings. The summed E-state index contributed by atoms with van der Waals surface area (Å²) < 4.78 is 5.76. The minimum atomic E-state index is -0.295. The first-order chi connectivity index (χ1) is 11.2. The zero-order valence-corrected chi connectivity index (χ0v) is 12.4. The van der Waals surface area contributed by atoms with Gasteiger partial charge in [-0.15, -0.1) is 0 Å². The molecule has 1 aromatic heterocycles. The molecule has 1 aliphatic carbocycles. The largest absolute Gasteiger partial charge is 0.450 e. The van der Waals surface area contributed by atoms with Crippen LogP contribution in [0.1, 0.15) is 39.2 Å². The van der Waals surface area contributed by atoms with Gasteiger partial charge in [0.1, 0.15) is 5.58 Å². The highest BCUT2D eigenvalue weighted by molar-refractivity contribution is 6.14. The number of nitrogen functional groups attached to an aromatic ring is 1. The molecule has 0 unspecified atom stereocenters. The van der Waals surface area contributed by atoms with Gasteiger partial charge in [0, 0.05) is 10.9 Å². The predicted molar refractivity (Wildman–Crippen MR) is 87.2 cm³/mol. The molecule has 0 bridgehead atoms. The van der Waals surface area contributed by atoms with Crippen molar-refractivity contribution in [2.45, 2.75) is 19.3 Å². The van der Waals surface area contributed by atoms with E-state index < -0.39 is 0 Å². The van der Waals surface area contributed by atoms with Crippen molar-refractivity contribution in [3.05, 3.63) is 64.4 Å².